The molecule has 0 bridgehead atoms. The summed E-state index contributed by atoms with van der Waals surface area (Å²) in [5, 5.41) is 2.86. The molecule has 0 fully saturated rings. The Morgan fingerprint density at radius 2 is 1.58 bits per heavy atom. The van der Waals surface area contributed by atoms with Crippen LogP contribution < -0.4 is 19.7 Å². The lowest BCUT2D eigenvalue weighted by Gasteiger charge is -2.18. The molecule has 3 rings (SSSR count). The zero-order valence-corrected chi connectivity index (χ0v) is 18.1. The molecular weight excluding hydrogens is 398 g/mol. The zero-order valence-electron chi connectivity index (χ0n) is 18.1. The molecule has 1 heterocycles. The van der Waals surface area contributed by atoms with Crippen molar-refractivity contribution in [1.29, 1.82) is 0 Å². The number of benzene rings is 2. The summed E-state index contributed by atoms with van der Waals surface area (Å²) in [4.78, 5) is 39.5. The average Bonchev–Trinajstić information content (AvgIpc) is 2.99. The molecule has 1 aliphatic heterocycles. The van der Waals surface area contributed by atoms with Gasteiger partial charge < -0.3 is 19.7 Å². The van der Waals surface area contributed by atoms with Gasteiger partial charge in [0.1, 0.15) is 0 Å². The molecule has 0 radical (unpaired) electrons. The van der Waals surface area contributed by atoms with E-state index in [0.29, 0.717) is 48.1 Å². The number of fused-ring (bicyclic) bond motifs is 1. The molecule has 31 heavy (non-hydrogen) atoms. The van der Waals surface area contributed by atoms with Gasteiger partial charge in [-0.2, -0.15) is 0 Å². The normalized spacial score (nSPS) is 13.7. The summed E-state index contributed by atoms with van der Waals surface area (Å²) >= 11 is 0. The number of quaternary nitrogens is 1. The van der Waals surface area contributed by atoms with Crippen molar-refractivity contribution in [2.75, 3.05) is 45.2 Å². The highest BCUT2D eigenvalue weighted by atomic mass is 16.5. The van der Waals surface area contributed by atoms with Crippen LogP contribution in [0, 0.1) is 0 Å². The predicted octanol–water partition coefficient (Wildman–Crippen LogP) is 1.23. The highest BCUT2D eigenvalue weighted by molar-refractivity contribution is 6.21. The smallest absolute Gasteiger partial charge is 0.279 e. The number of likely N-dealkylation sites (N-methyl/N-ethyl adjacent to an activating group) is 1. The first-order chi connectivity index (χ1) is 14.9. The van der Waals surface area contributed by atoms with E-state index < -0.39 is 0 Å². The maximum Gasteiger partial charge on any atom is 0.279 e. The number of hydrogen-bond acceptors (Lipinski definition) is 5. The van der Waals surface area contributed by atoms with E-state index in [4.69, 9.17) is 9.47 Å². The number of carbonyl (C=O) groups excluding carboxylic acids is 3. The molecule has 2 N–H and O–H groups in total. The summed E-state index contributed by atoms with van der Waals surface area (Å²) in [6, 6.07) is 12.1. The van der Waals surface area contributed by atoms with Crippen molar-refractivity contribution in [3.8, 4) is 11.5 Å². The fraction of sp³-hybridized carbons (Fsp3) is 0.348. The summed E-state index contributed by atoms with van der Waals surface area (Å²) in [5.74, 6) is 0.470. The molecule has 0 saturated heterocycles. The Morgan fingerprint density at radius 1 is 0.968 bits per heavy atom. The van der Waals surface area contributed by atoms with Crippen LogP contribution in [0.5, 0.6) is 11.5 Å². The molecule has 1 aliphatic rings. The summed E-state index contributed by atoms with van der Waals surface area (Å²) in [7, 11) is 1.85. The van der Waals surface area contributed by atoms with E-state index in [1.54, 1.807) is 42.5 Å². The van der Waals surface area contributed by atoms with Crippen molar-refractivity contribution >= 4 is 23.4 Å². The molecule has 3 amide bonds. The molecule has 8 heteroatoms. The first-order valence-electron chi connectivity index (χ1n) is 10.4. The third-order valence-corrected chi connectivity index (χ3v) is 4.93. The maximum atomic E-state index is 12.5. The van der Waals surface area contributed by atoms with Gasteiger partial charge in [-0.25, -0.2) is 0 Å². The molecule has 0 aromatic heterocycles. The Balaban J connectivity index is 1.53. The molecule has 2 aromatic rings. The van der Waals surface area contributed by atoms with E-state index in [1.807, 2.05) is 20.9 Å². The lowest BCUT2D eigenvalue weighted by molar-refractivity contribution is -0.870. The van der Waals surface area contributed by atoms with E-state index in [-0.39, 0.29) is 30.8 Å². The van der Waals surface area contributed by atoms with E-state index in [9.17, 15) is 14.4 Å². The van der Waals surface area contributed by atoms with Crippen LogP contribution in [-0.2, 0) is 4.79 Å². The Labute approximate surface area is 181 Å². The van der Waals surface area contributed by atoms with Gasteiger partial charge in [-0.15, -0.1) is 0 Å². The molecule has 8 nitrogen and oxygen atoms in total. The second-order valence-electron chi connectivity index (χ2n) is 7.27. The first kappa shape index (κ1) is 22.3. The van der Waals surface area contributed by atoms with Gasteiger partial charge in [0.15, 0.2) is 18.0 Å². The van der Waals surface area contributed by atoms with E-state index in [2.05, 4.69) is 5.32 Å². The molecule has 0 saturated carbocycles. The number of rotatable bonds is 10. The number of nitrogens with one attached hydrogen (secondary N) is 2. The zero-order chi connectivity index (χ0) is 22.4. The standard InChI is InChI=1S/C23H27N3O5/c1-4-30-19-11-10-16(14-20(19)31-5-2)24-21(27)15-25(3)12-13-26-22(28)17-8-6-7-9-18(17)23(26)29/h6-11,14H,4-5,12-13,15H2,1-3H3,(H,24,27)/p+1. The molecular formula is C23H28N3O5+. The average molecular weight is 426 g/mol. The largest absolute Gasteiger partial charge is 0.490 e. The molecule has 164 valence electrons. The van der Waals surface area contributed by atoms with Crippen molar-refractivity contribution in [3.63, 3.8) is 0 Å². The second kappa shape index (κ2) is 10.1. The second-order valence-corrected chi connectivity index (χ2v) is 7.27. The van der Waals surface area contributed by atoms with Gasteiger partial charge in [0, 0.05) is 11.8 Å². The van der Waals surface area contributed by atoms with Gasteiger partial charge in [-0.05, 0) is 38.1 Å². The number of carbonyl (C=O) groups is 3. The maximum absolute atomic E-state index is 12.5. The van der Waals surface area contributed by atoms with Crippen LogP contribution in [0.3, 0.4) is 0 Å². The van der Waals surface area contributed by atoms with E-state index in [1.165, 1.54) is 4.90 Å². The van der Waals surface area contributed by atoms with Crippen LogP contribution in [0.2, 0.25) is 0 Å². The topological polar surface area (TPSA) is 89.4 Å². The molecule has 0 aliphatic carbocycles. The van der Waals surface area contributed by atoms with Crippen molar-refractivity contribution in [3.05, 3.63) is 53.6 Å². The number of amides is 3. The number of ether oxygens (including phenoxy) is 2. The Hall–Kier alpha value is -3.39. The van der Waals surface area contributed by atoms with Crippen LogP contribution in [0.4, 0.5) is 5.69 Å². The number of imide groups is 1. The number of anilines is 1. The minimum atomic E-state index is -0.282. The van der Waals surface area contributed by atoms with Crippen LogP contribution in [0.1, 0.15) is 34.6 Å². The minimum absolute atomic E-state index is 0.175. The lowest BCUT2D eigenvalue weighted by atomic mass is 10.1. The quantitative estimate of drug-likeness (QED) is 0.558. The monoisotopic (exact) mass is 426 g/mol. The van der Waals surface area contributed by atoms with Crippen LogP contribution >= 0.6 is 0 Å². The predicted molar refractivity (Wildman–Crippen MR) is 116 cm³/mol. The molecule has 2 aromatic carbocycles. The van der Waals surface area contributed by atoms with Gasteiger partial charge in [0.2, 0.25) is 0 Å². The van der Waals surface area contributed by atoms with Crippen LogP contribution in [0.25, 0.3) is 0 Å². The van der Waals surface area contributed by atoms with Crippen molar-refractivity contribution in [2.45, 2.75) is 13.8 Å². The van der Waals surface area contributed by atoms with Gasteiger partial charge in [0.25, 0.3) is 17.7 Å². The first-order valence-corrected chi connectivity index (χ1v) is 10.4. The van der Waals surface area contributed by atoms with Gasteiger partial charge in [0.05, 0.1) is 44.5 Å². The van der Waals surface area contributed by atoms with Gasteiger partial charge >= 0.3 is 0 Å². The van der Waals surface area contributed by atoms with Gasteiger partial charge in [-0.1, -0.05) is 12.1 Å². The molecule has 0 spiro atoms. The fourth-order valence-corrected chi connectivity index (χ4v) is 3.44. The number of nitrogens with zero attached hydrogens (tertiary/aromatic N) is 1. The van der Waals surface area contributed by atoms with Gasteiger partial charge in [-0.3, -0.25) is 19.3 Å². The third kappa shape index (κ3) is 5.21. The molecule has 1 unspecified atom stereocenters. The summed E-state index contributed by atoms with van der Waals surface area (Å²) in [6.45, 7) is 5.70. The highest BCUT2D eigenvalue weighted by Gasteiger charge is 2.35. The van der Waals surface area contributed by atoms with E-state index in [0.717, 1.165) is 4.90 Å². The van der Waals surface area contributed by atoms with Crippen molar-refractivity contribution in [1.82, 2.24) is 4.90 Å². The highest BCUT2D eigenvalue weighted by Crippen LogP contribution is 2.30. The van der Waals surface area contributed by atoms with Crippen molar-refractivity contribution < 1.29 is 28.8 Å². The Morgan fingerprint density at radius 3 is 2.19 bits per heavy atom. The van der Waals surface area contributed by atoms with Crippen LogP contribution in [-0.4, -0.2) is 62.5 Å². The number of hydrogen-bond donors (Lipinski definition) is 2. The Bertz CT molecular complexity index is 940. The summed E-state index contributed by atoms with van der Waals surface area (Å²) in [6.07, 6.45) is 0. The minimum Gasteiger partial charge on any atom is -0.490 e. The summed E-state index contributed by atoms with van der Waals surface area (Å²) in [5.41, 5.74) is 1.48. The Kier molecular flexibility index (Phi) is 7.25. The summed E-state index contributed by atoms with van der Waals surface area (Å²) < 4.78 is 11.1. The van der Waals surface area contributed by atoms with Crippen LogP contribution in [0.15, 0.2) is 42.5 Å². The SMILES string of the molecule is CCOc1ccc(NC(=O)C[NH+](C)CCN2C(=O)c3ccccc3C2=O)cc1OCC. The van der Waals surface area contributed by atoms with E-state index >= 15 is 0 Å². The lowest BCUT2D eigenvalue weighted by Crippen LogP contribution is -3.10. The fourth-order valence-electron chi connectivity index (χ4n) is 3.44. The van der Waals surface area contributed by atoms with Crippen molar-refractivity contribution in [2.24, 2.45) is 0 Å². The molecule has 1 atom stereocenters. The third-order valence-electron chi connectivity index (χ3n) is 4.93.